The zero-order valence-corrected chi connectivity index (χ0v) is 25.4. The SMILES string of the molecule is C=CC(=O)N1CCN(c2nc(OC[C@@H]3CCCN3C)nc3c(F)c(-c4ccc(F)c5sc(N)nc45)c(-c4ccoc4)cc23)CC1. The Bertz CT molecular complexity index is 1920. The van der Waals surface area contributed by atoms with Gasteiger partial charge in [-0.05, 0) is 62.3 Å². The van der Waals surface area contributed by atoms with Gasteiger partial charge in [0.05, 0.1) is 22.7 Å². The molecule has 10 nitrogen and oxygen atoms in total. The van der Waals surface area contributed by atoms with Gasteiger partial charge in [0.1, 0.15) is 23.8 Å². The van der Waals surface area contributed by atoms with Gasteiger partial charge in [-0.3, -0.25) is 4.79 Å². The molecule has 0 spiro atoms. The van der Waals surface area contributed by atoms with Gasteiger partial charge in [-0.15, -0.1) is 0 Å². The summed E-state index contributed by atoms with van der Waals surface area (Å²) in [5.41, 5.74) is 7.98. The maximum absolute atomic E-state index is 17.2. The summed E-state index contributed by atoms with van der Waals surface area (Å²) in [6.07, 6.45) is 6.39. The van der Waals surface area contributed by atoms with Crippen LogP contribution in [-0.2, 0) is 4.79 Å². The highest BCUT2D eigenvalue weighted by molar-refractivity contribution is 7.22. The van der Waals surface area contributed by atoms with Crippen LogP contribution in [0.2, 0.25) is 0 Å². The van der Waals surface area contributed by atoms with E-state index in [-0.39, 0.29) is 44.4 Å². The van der Waals surface area contributed by atoms with Gasteiger partial charge in [-0.25, -0.2) is 13.8 Å². The van der Waals surface area contributed by atoms with Crippen molar-refractivity contribution in [2.45, 2.75) is 18.9 Å². The number of rotatable bonds is 7. The molecule has 1 amide bonds. The topological polar surface area (TPSA) is 114 Å². The van der Waals surface area contributed by atoms with Crippen LogP contribution in [0.5, 0.6) is 6.01 Å². The predicted octanol–water partition coefficient (Wildman–Crippen LogP) is 5.33. The second kappa shape index (κ2) is 11.7. The summed E-state index contributed by atoms with van der Waals surface area (Å²) in [5, 5.41) is 0.645. The van der Waals surface area contributed by atoms with Crippen LogP contribution >= 0.6 is 11.3 Å². The number of anilines is 2. The van der Waals surface area contributed by atoms with Crippen molar-refractivity contribution in [3.63, 3.8) is 0 Å². The third-order valence-corrected chi connectivity index (χ3v) is 9.54. The zero-order chi connectivity index (χ0) is 31.2. The molecule has 2 saturated heterocycles. The number of thiazole rings is 1. The molecule has 45 heavy (non-hydrogen) atoms. The van der Waals surface area contributed by atoms with Gasteiger partial charge in [-0.2, -0.15) is 9.97 Å². The third kappa shape index (κ3) is 5.25. The zero-order valence-electron chi connectivity index (χ0n) is 24.6. The second-order valence-electron chi connectivity index (χ2n) is 11.3. The maximum Gasteiger partial charge on any atom is 0.319 e. The van der Waals surface area contributed by atoms with E-state index in [0.29, 0.717) is 60.7 Å². The van der Waals surface area contributed by atoms with E-state index in [1.165, 1.54) is 30.7 Å². The molecule has 0 unspecified atom stereocenters. The summed E-state index contributed by atoms with van der Waals surface area (Å²) in [5.74, 6) is -0.758. The second-order valence-corrected chi connectivity index (χ2v) is 12.3. The van der Waals surface area contributed by atoms with Gasteiger partial charge < -0.3 is 29.6 Å². The first-order valence-corrected chi connectivity index (χ1v) is 15.5. The molecule has 1 atom stereocenters. The summed E-state index contributed by atoms with van der Waals surface area (Å²) < 4.78 is 43.8. The molecular weight excluding hydrogens is 600 g/mol. The molecule has 5 heterocycles. The number of hydrogen-bond acceptors (Lipinski definition) is 10. The lowest BCUT2D eigenvalue weighted by molar-refractivity contribution is -0.126. The van der Waals surface area contributed by atoms with E-state index in [0.717, 1.165) is 30.7 Å². The number of fused-ring (bicyclic) bond motifs is 2. The van der Waals surface area contributed by atoms with Gasteiger partial charge in [0.25, 0.3) is 0 Å². The molecule has 0 aliphatic carbocycles. The van der Waals surface area contributed by atoms with Crippen molar-refractivity contribution in [2.24, 2.45) is 0 Å². The number of carbonyl (C=O) groups is 1. The van der Waals surface area contributed by atoms with E-state index in [9.17, 15) is 9.18 Å². The molecule has 3 aromatic heterocycles. The molecule has 5 aromatic rings. The number of furan rings is 1. The quantitative estimate of drug-likeness (QED) is 0.238. The predicted molar refractivity (Wildman–Crippen MR) is 170 cm³/mol. The van der Waals surface area contributed by atoms with E-state index in [1.54, 1.807) is 11.0 Å². The van der Waals surface area contributed by atoms with E-state index < -0.39 is 11.6 Å². The van der Waals surface area contributed by atoms with Crippen LogP contribution < -0.4 is 15.4 Å². The molecule has 2 aromatic carbocycles. The number of hydrogen-bond donors (Lipinski definition) is 1. The molecular formula is C32H31F2N7O3S. The number of benzene rings is 2. The number of nitrogens with zero attached hydrogens (tertiary/aromatic N) is 6. The first kappa shape index (κ1) is 29.1. The highest BCUT2D eigenvalue weighted by Crippen LogP contribution is 2.44. The fraction of sp³-hybridized carbons (Fsp3) is 0.312. The summed E-state index contributed by atoms with van der Waals surface area (Å²) in [6, 6.07) is 6.62. The minimum Gasteiger partial charge on any atom is -0.472 e. The molecule has 0 bridgehead atoms. The number of amides is 1. The largest absolute Gasteiger partial charge is 0.472 e. The Kier molecular flexibility index (Phi) is 7.58. The first-order chi connectivity index (χ1) is 21.8. The highest BCUT2D eigenvalue weighted by atomic mass is 32.1. The number of halogens is 2. The number of likely N-dealkylation sites (N-methyl/N-ethyl adjacent to an activating group) is 1. The van der Waals surface area contributed by atoms with Crippen LogP contribution in [0, 0.1) is 11.6 Å². The Morgan fingerprint density at radius 2 is 1.96 bits per heavy atom. The lowest BCUT2D eigenvalue weighted by Crippen LogP contribution is -2.48. The maximum atomic E-state index is 17.2. The van der Waals surface area contributed by atoms with Crippen LogP contribution in [-0.4, -0.2) is 83.1 Å². The Labute approximate surface area is 261 Å². The lowest BCUT2D eigenvalue weighted by atomic mass is 9.92. The molecule has 13 heteroatoms. The number of nitrogen functional groups attached to an aromatic ring is 1. The van der Waals surface area contributed by atoms with Crippen molar-refractivity contribution in [1.82, 2.24) is 24.8 Å². The smallest absolute Gasteiger partial charge is 0.319 e. The van der Waals surface area contributed by atoms with E-state index in [1.807, 2.05) is 11.0 Å². The Morgan fingerprint density at radius 3 is 2.67 bits per heavy atom. The van der Waals surface area contributed by atoms with Gasteiger partial charge in [0, 0.05) is 54.3 Å². The number of aromatic nitrogens is 3. The van der Waals surface area contributed by atoms with Gasteiger partial charge in [0.2, 0.25) is 5.91 Å². The van der Waals surface area contributed by atoms with E-state index >= 15 is 4.39 Å². The summed E-state index contributed by atoms with van der Waals surface area (Å²) >= 11 is 1.01. The molecule has 2 aliphatic heterocycles. The lowest BCUT2D eigenvalue weighted by Gasteiger charge is -2.35. The average molecular weight is 632 g/mol. The van der Waals surface area contributed by atoms with E-state index in [2.05, 4.69) is 28.5 Å². The standard InChI is InChI=1S/C32H31F2N7O3S/c1-3-24(42)40-10-12-41(13-11-40)30-22-15-21(18-8-14-43-16-18)25(20-6-7-23(33)29-28(20)36-31(35)45-29)26(34)27(22)37-32(38-30)44-17-19-5-4-9-39(19)2/h3,6-8,14-16,19H,1,4-5,9-13,17H2,2H3,(H2,35,36)/t19-/m0/s1. The highest BCUT2D eigenvalue weighted by Gasteiger charge is 2.29. The molecule has 0 saturated carbocycles. The fourth-order valence-electron chi connectivity index (χ4n) is 6.23. The van der Waals surface area contributed by atoms with Crippen molar-refractivity contribution in [3.8, 4) is 28.3 Å². The molecule has 0 radical (unpaired) electrons. The summed E-state index contributed by atoms with van der Waals surface area (Å²) in [6.45, 7) is 6.79. The van der Waals surface area contributed by atoms with Gasteiger partial charge in [-0.1, -0.05) is 17.9 Å². The van der Waals surface area contributed by atoms with Crippen LogP contribution in [0.15, 0.2) is 53.9 Å². The minimum absolute atomic E-state index is 0.0577. The van der Waals surface area contributed by atoms with Crippen molar-refractivity contribution in [2.75, 3.05) is 57.0 Å². The molecule has 2 N–H and O–H groups in total. The Hall–Kier alpha value is -4.62. The Balaban J connectivity index is 1.42. The van der Waals surface area contributed by atoms with Crippen molar-refractivity contribution in [3.05, 3.63) is 61.1 Å². The third-order valence-electron chi connectivity index (χ3n) is 8.65. The molecule has 232 valence electrons. The van der Waals surface area contributed by atoms with E-state index in [4.69, 9.17) is 19.9 Å². The fourth-order valence-corrected chi connectivity index (χ4v) is 6.99. The summed E-state index contributed by atoms with van der Waals surface area (Å²) in [4.78, 5) is 32.0. The monoisotopic (exact) mass is 631 g/mol. The molecule has 2 aliphatic rings. The van der Waals surface area contributed by atoms with Crippen LogP contribution in [0.1, 0.15) is 12.8 Å². The average Bonchev–Trinajstić information content (AvgIpc) is 3.82. The van der Waals surface area contributed by atoms with Crippen molar-refractivity contribution in [1.29, 1.82) is 0 Å². The van der Waals surface area contributed by atoms with Gasteiger partial charge >= 0.3 is 6.01 Å². The van der Waals surface area contributed by atoms with Crippen molar-refractivity contribution >= 4 is 49.3 Å². The Morgan fingerprint density at radius 1 is 1.13 bits per heavy atom. The number of nitrogens with two attached hydrogens (primary N) is 1. The van der Waals surface area contributed by atoms with Crippen molar-refractivity contribution < 1.29 is 22.7 Å². The minimum atomic E-state index is -0.630. The number of piperazine rings is 1. The van der Waals surface area contributed by atoms with Crippen LogP contribution in [0.4, 0.5) is 19.7 Å². The molecule has 2 fully saturated rings. The normalized spacial score (nSPS) is 17.4. The summed E-state index contributed by atoms with van der Waals surface area (Å²) in [7, 11) is 2.05. The first-order valence-electron chi connectivity index (χ1n) is 14.7. The van der Waals surface area contributed by atoms with Crippen LogP contribution in [0.3, 0.4) is 0 Å². The number of likely N-dealkylation sites (tertiary alicyclic amines) is 1. The number of carbonyl (C=O) groups excluding carboxylic acids is 1. The van der Waals surface area contributed by atoms with Crippen LogP contribution in [0.25, 0.3) is 43.4 Å². The van der Waals surface area contributed by atoms with Gasteiger partial charge in [0.15, 0.2) is 10.9 Å². The molecule has 7 rings (SSSR count). The number of ether oxygens (including phenoxy) is 1.